The van der Waals surface area contributed by atoms with Crippen molar-refractivity contribution in [3.8, 4) is 0 Å². The van der Waals surface area contributed by atoms with Crippen LogP contribution in [0.1, 0.15) is 207 Å². The lowest BCUT2D eigenvalue weighted by molar-refractivity contribution is -0.386. The molecular weight excluding hydrogens is 1070 g/mol. The Balaban J connectivity index is 1.67. The first-order chi connectivity index (χ1) is 39.4. The van der Waals surface area contributed by atoms with Crippen molar-refractivity contribution in [2.45, 2.75) is 317 Å². The van der Waals surface area contributed by atoms with E-state index in [1.165, 1.54) is 116 Å². The molecule has 0 saturated carbocycles. The Labute approximate surface area is 486 Å². The van der Waals surface area contributed by atoms with Crippen LogP contribution in [-0.2, 0) is 42.8 Å². The Morgan fingerprint density at radius 3 is 1.62 bits per heavy atom. The molecule has 480 valence electrons. The highest BCUT2D eigenvalue weighted by molar-refractivity contribution is 5.77. The van der Waals surface area contributed by atoms with E-state index in [1.54, 1.807) is 6.08 Å². The quantitative estimate of drug-likeness (QED) is 0.0307. The number of aliphatic hydroxyl groups excluding tert-OH is 11. The van der Waals surface area contributed by atoms with Crippen LogP contribution in [-0.4, -0.2) is 215 Å². The number of rotatable bonds is 45. The van der Waals surface area contributed by atoms with Crippen molar-refractivity contribution in [1.82, 2.24) is 10.6 Å². The Kier molecular flexibility index (Phi) is 37.4. The van der Waals surface area contributed by atoms with Gasteiger partial charge in [-0.2, -0.15) is 0 Å². The van der Waals surface area contributed by atoms with Crippen LogP contribution in [0.3, 0.4) is 0 Å². The number of ether oxygens (including phenoxy) is 6. The number of aliphatic hydroxyl groups is 11. The Hall–Kier alpha value is -2.53. The van der Waals surface area contributed by atoms with E-state index in [1.807, 2.05) is 6.08 Å². The third kappa shape index (κ3) is 25.4. The third-order valence-corrected chi connectivity index (χ3v) is 16.0. The summed E-state index contributed by atoms with van der Waals surface area (Å²) in [5.41, 5.74) is 0. The van der Waals surface area contributed by atoms with Crippen molar-refractivity contribution in [2.75, 3.05) is 26.4 Å². The summed E-state index contributed by atoms with van der Waals surface area (Å²) in [6.07, 6.45) is 5.61. The maximum Gasteiger partial charge on any atom is 0.364 e. The number of nitrogens with one attached hydrogen (secondary N) is 2. The predicted molar refractivity (Wildman–Crippen MR) is 301 cm³/mol. The minimum absolute atomic E-state index is 0.204. The molecule has 0 aromatic rings. The van der Waals surface area contributed by atoms with E-state index in [0.717, 1.165) is 51.9 Å². The molecule has 14 N–H and O–H groups in total. The van der Waals surface area contributed by atoms with Crippen molar-refractivity contribution in [1.29, 1.82) is 0 Å². The fourth-order valence-electron chi connectivity index (χ4n) is 10.9. The summed E-state index contributed by atoms with van der Waals surface area (Å²) in [7, 11) is 0. The van der Waals surface area contributed by atoms with Gasteiger partial charge in [0.15, 0.2) is 12.6 Å². The van der Waals surface area contributed by atoms with Gasteiger partial charge in [0.1, 0.15) is 67.1 Å². The number of amides is 2. The van der Waals surface area contributed by atoms with Crippen molar-refractivity contribution >= 4 is 17.8 Å². The van der Waals surface area contributed by atoms with Crippen molar-refractivity contribution in [3.05, 3.63) is 12.2 Å². The van der Waals surface area contributed by atoms with Gasteiger partial charge in [-0.15, -0.1) is 0 Å². The highest BCUT2D eigenvalue weighted by Gasteiger charge is 2.60. The lowest BCUT2D eigenvalue weighted by atomic mass is 9.88. The van der Waals surface area contributed by atoms with Gasteiger partial charge in [0.05, 0.1) is 50.7 Å². The fraction of sp³-hybridized carbons (Fsp3) is 0.915. The number of carboxylic acids is 1. The van der Waals surface area contributed by atoms with Crippen LogP contribution in [0.2, 0.25) is 0 Å². The molecule has 3 aliphatic heterocycles. The Morgan fingerprint density at radius 2 is 1.13 bits per heavy atom. The second kappa shape index (κ2) is 41.5. The van der Waals surface area contributed by atoms with Crippen molar-refractivity contribution in [2.24, 2.45) is 0 Å². The van der Waals surface area contributed by atoms with E-state index in [0.29, 0.717) is 12.8 Å². The molecule has 0 aliphatic carbocycles. The fourth-order valence-corrected chi connectivity index (χ4v) is 10.9. The molecule has 2 amide bonds. The van der Waals surface area contributed by atoms with Gasteiger partial charge < -0.3 is 100 Å². The average molecular weight is 1180 g/mol. The highest BCUT2D eigenvalue weighted by atomic mass is 16.8. The zero-order chi connectivity index (χ0) is 60.5. The average Bonchev–Trinajstić information content (AvgIpc) is 3.65. The van der Waals surface area contributed by atoms with E-state index in [2.05, 4.69) is 24.5 Å². The number of carbonyl (C=O) groups is 3. The molecule has 0 spiro atoms. The van der Waals surface area contributed by atoms with E-state index in [-0.39, 0.29) is 12.3 Å². The van der Waals surface area contributed by atoms with E-state index in [9.17, 15) is 75.7 Å². The first kappa shape index (κ1) is 73.7. The Morgan fingerprint density at radius 1 is 0.634 bits per heavy atom. The summed E-state index contributed by atoms with van der Waals surface area (Å²) in [5, 5.41) is 135. The van der Waals surface area contributed by atoms with E-state index in [4.69, 9.17) is 28.4 Å². The zero-order valence-electron chi connectivity index (χ0n) is 49.3. The summed E-state index contributed by atoms with van der Waals surface area (Å²) in [6, 6.07) is -2.61. The highest BCUT2D eigenvalue weighted by Crippen LogP contribution is 2.38. The molecule has 3 saturated heterocycles. The van der Waals surface area contributed by atoms with Gasteiger partial charge in [0, 0.05) is 19.8 Å². The van der Waals surface area contributed by atoms with Gasteiger partial charge in [-0.1, -0.05) is 180 Å². The molecule has 0 radical (unpaired) electrons. The van der Waals surface area contributed by atoms with E-state index < -0.39 is 155 Å². The number of hydrogen-bond donors (Lipinski definition) is 14. The van der Waals surface area contributed by atoms with Crippen LogP contribution >= 0.6 is 0 Å². The predicted octanol–water partition coefficient (Wildman–Crippen LogP) is 3.17. The molecule has 23 heteroatoms. The van der Waals surface area contributed by atoms with Gasteiger partial charge >= 0.3 is 5.97 Å². The number of allylic oxidation sites excluding steroid dienone is 1. The molecule has 3 aliphatic rings. The van der Waals surface area contributed by atoms with Gasteiger partial charge in [-0.3, -0.25) is 9.59 Å². The molecule has 3 heterocycles. The maximum absolute atomic E-state index is 13.4. The summed E-state index contributed by atoms with van der Waals surface area (Å²) < 4.78 is 34.7. The molecule has 23 nitrogen and oxygen atoms in total. The SMILES string of the molecule is CCCCCCCCCCCCC/C=C/[C@@H](O)[C@H](CO[C@@H]1O[C@H](CO)C(O[C@@H]2O[C@H](CO)[C@H](O)[C@H](O[C@]3(C(=O)O)C[C@H](O)[C@@H](NC(C)=O)[C@H](C(O)C(O)CO)O3)[C@H]2O)[C@H](O)[C@H]1O)NC(=O)CCCCCCCCCCCCCCCCC. The molecule has 0 bridgehead atoms. The minimum Gasteiger partial charge on any atom is -0.477 e. The Bertz CT molecular complexity index is 1740. The van der Waals surface area contributed by atoms with Gasteiger partial charge in [0.2, 0.25) is 11.8 Å². The number of hydrogen-bond acceptors (Lipinski definition) is 20. The molecule has 0 aromatic heterocycles. The molecule has 3 fully saturated rings. The van der Waals surface area contributed by atoms with Gasteiger partial charge in [0.25, 0.3) is 5.79 Å². The standard InChI is InChI=1S/C59H108N2O21/c1-4-6-8-10-12-14-16-18-19-21-23-25-27-29-31-33-46(69)61-40(41(66)32-30-28-26-24-22-20-17-15-13-11-9-7-5-2)38-77-56-51(73)50(72)53(45(37-64)79-56)80-57-52(74)55(49(71)44(36-63)78-57)82-59(58(75)76)34-42(67)47(60-39(3)65)54(81-59)48(70)43(68)35-62/h30,32,40-45,47-57,62-64,66-68,70-74H,4-29,31,33-38H2,1-3H3,(H,60,65)(H,61,69)(H,75,76)/b32-30+/t40-,41+,42-,43?,44+,45+,47+,48?,49-,50+,51+,52+,53?,54+,55-,56+,57-,59-/m0/s1. The lowest BCUT2D eigenvalue weighted by Gasteiger charge is -2.50. The zero-order valence-corrected chi connectivity index (χ0v) is 49.3. The molecule has 3 rings (SSSR count). The molecule has 0 aromatic carbocycles. The number of aliphatic carboxylic acids is 1. The first-order valence-electron chi connectivity index (χ1n) is 31.1. The normalized spacial score (nSPS) is 30.2. The number of unbranched alkanes of at least 4 members (excludes halogenated alkanes) is 25. The topological polar surface area (TPSA) is 373 Å². The summed E-state index contributed by atoms with van der Waals surface area (Å²) >= 11 is 0. The molecule has 82 heavy (non-hydrogen) atoms. The van der Waals surface area contributed by atoms with Crippen LogP contribution in [0.4, 0.5) is 0 Å². The summed E-state index contributed by atoms with van der Waals surface area (Å²) in [6.45, 7) is 2.10. The van der Waals surface area contributed by atoms with Crippen LogP contribution in [0, 0.1) is 0 Å². The largest absolute Gasteiger partial charge is 0.477 e. The van der Waals surface area contributed by atoms with Crippen LogP contribution in [0.25, 0.3) is 0 Å². The number of carbonyl (C=O) groups excluding carboxylic acids is 2. The summed E-state index contributed by atoms with van der Waals surface area (Å²) in [5.74, 6) is -6.14. The third-order valence-electron chi connectivity index (χ3n) is 16.0. The number of carboxylic acid groups (broad SMARTS) is 1. The molecule has 18 atom stereocenters. The monoisotopic (exact) mass is 1180 g/mol. The second-order valence-electron chi connectivity index (χ2n) is 22.9. The van der Waals surface area contributed by atoms with Crippen LogP contribution < -0.4 is 10.6 Å². The van der Waals surface area contributed by atoms with Crippen molar-refractivity contribution < 1.29 is 104 Å². The smallest absolute Gasteiger partial charge is 0.364 e. The van der Waals surface area contributed by atoms with Crippen LogP contribution in [0.15, 0.2) is 12.2 Å². The first-order valence-corrected chi connectivity index (χ1v) is 31.1. The van der Waals surface area contributed by atoms with Crippen LogP contribution in [0.5, 0.6) is 0 Å². The maximum atomic E-state index is 13.4. The minimum atomic E-state index is -3.08. The van der Waals surface area contributed by atoms with E-state index >= 15 is 0 Å². The lowest BCUT2D eigenvalue weighted by Crippen LogP contribution is -2.70. The molecule has 3 unspecified atom stereocenters. The second-order valence-corrected chi connectivity index (χ2v) is 22.9. The molecular formula is C59H108N2O21. The van der Waals surface area contributed by atoms with Gasteiger partial charge in [-0.05, 0) is 19.3 Å². The summed E-state index contributed by atoms with van der Waals surface area (Å²) in [4.78, 5) is 38.4. The van der Waals surface area contributed by atoms with Gasteiger partial charge in [-0.25, -0.2) is 4.79 Å². The van der Waals surface area contributed by atoms with Crippen molar-refractivity contribution in [3.63, 3.8) is 0 Å².